The molecule has 0 saturated carbocycles. The van der Waals surface area contributed by atoms with Gasteiger partial charge in [-0.3, -0.25) is 0 Å². The molecule has 0 fully saturated rings. The Balaban J connectivity index is 1.38. The van der Waals surface area contributed by atoms with E-state index in [4.69, 9.17) is 0 Å². The quantitative estimate of drug-likeness (QED) is 0.141. The molecule has 0 atom stereocenters. The summed E-state index contributed by atoms with van der Waals surface area (Å²) in [5.74, 6) is 0. The van der Waals surface area contributed by atoms with Gasteiger partial charge in [0.25, 0.3) is 0 Å². The molecule has 0 heterocycles. The Labute approximate surface area is 334 Å². The molecule has 0 aromatic heterocycles. The second-order valence-electron chi connectivity index (χ2n) is 14.4. The minimum Gasteiger partial charge on any atom is -0.309 e. The zero-order valence-corrected chi connectivity index (χ0v) is 31.5. The van der Waals surface area contributed by atoms with Gasteiger partial charge in [-0.1, -0.05) is 206 Å². The van der Waals surface area contributed by atoms with Crippen molar-refractivity contribution in [3.63, 3.8) is 0 Å². The highest BCUT2D eigenvalue weighted by atomic mass is 15.1. The van der Waals surface area contributed by atoms with Crippen molar-refractivity contribution in [2.45, 2.75) is 0 Å². The van der Waals surface area contributed by atoms with Crippen LogP contribution in [0.15, 0.2) is 237 Å². The van der Waals surface area contributed by atoms with Gasteiger partial charge >= 0.3 is 0 Å². The first-order valence-corrected chi connectivity index (χ1v) is 19.6. The zero-order chi connectivity index (χ0) is 38.0. The monoisotopic (exact) mass is 725 g/mol. The maximum atomic E-state index is 2.51. The van der Waals surface area contributed by atoms with Crippen LogP contribution >= 0.6 is 0 Å². The van der Waals surface area contributed by atoms with Crippen LogP contribution in [0, 0.1) is 0 Å². The van der Waals surface area contributed by atoms with Crippen LogP contribution in [0.3, 0.4) is 0 Å². The van der Waals surface area contributed by atoms with Crippen molar-refractivity contribution in [1.29, 1.82) is 0 Å². The van der Waals surface area contributed by atoms with Crippen LogP contribution in [0.1, 0.15) is 0 Å². The summed E-state index contributed by atoms with van der Waals surface area (Å²) in [5.41, 5.74) is 15.1. The third kappa shape index (κ3) is 6.36. The molecule has 1 nitrogen and oxygen atoms in total. The molecule has 10 aromatic carbocycles. The summed E-state index contributed by atoms with van der Waals surface area (Å²) >= 11 is 0. The van der Waals surface area contributed by atoms with E-state index in [1.54, 1.807) is 0 Å². The van der Waals surface area contributed by atoms with Gasteiger partial charge in [0.2, 0.25) is 0 Å². The highest BCUT2D eigenvalue weighted by Crippen LogP contribution is 2.51. The fraction of sp³-hybridized carbons (Fsp3) is 0. The highest BCUT2D eigenvalue weighted by molar-refractivity contribution is 6.25. The van der Waals surface area contributed by atoms with Gasteiger partial charge in [-0.2, -0.15) is 0 Å². The molecule has 0 aliphatic carbocycles. The first-order valence-electron chi connectivity index (χ1n) is 19.6. The van der Waals surface area contributed by atoms with Gasteiger partial charge in [-0.05, 0) is 91.0 Å². The lowest BCUT2D eigenvalue weighted by molar-refractivity contribution is 1.30. The maximum Gasteiger partial charge on any atom is 0.0547 e. The molecule has 0 saturated heterocycles. The van der Waals surface area contributed by atoms with E-state index in [-0.39, 0.29) is 0 Å². The molecule has 0 N–H and O–H groups in total. The van der Waals surface area contributed by atoms with Gasteiger partial charge in [0, 0.05) is 22.2 Å². The summed E-state index contributed by atoms with van der Waals surface area (Å²) in [6.07, 6.45) is 0. The van der Waals surface area contributed by atoms with Crippen molar-refractivity contribution in [3.05, 3.63) is 237 Å². The van der Waals surface area contributed by atoms with Crippen LogP contribution in [0.2, 0.25) is 0 Å². The number of benzene rings is 10. The molecule has 1 heteroatoms. The van der Waals surface area contributed by atoms with Crippen LogP contribution in [0.5, 0.6) is 0 Å². The molecule has 0 spiro atoms. The van der Waals surface area contributed by atoms with Gasteiger partial charge in [-0.25, -0.2) is 0 Å². The lowest BCUT2D eigenvalue weighted by Crippen LogP contribution is -2.13. The Hall–Kier alpha value is -7.48. The molecular weight excluding hydrogens is 687 g/mol. The van der Waals surface area contributed by atoms with Crippen molar-refractivity contribution >= 4 is 38.6 Å². The molecule has 0 bridgehead atoms. The molecule has 0 amide bonds. The van der Waals surface area contributed by atoms with Gasteiger partial charge in [0.15, 0.2) is 0 Å². The molecule has 0 aliphatic heterocycles. The Morgan fingerprint density at radius 3 is 1.25 bits per heavy atom. The normalized spacial score (nSPS) is 11.2. The summed E-state index contributed by atoms with van der Waals surface area (Å²) < 4.78 is 0. The fourth-order valence-electron chi connectivity index (χ4n) is 8.48. The Morgan fingerprint density at radius 2 is 0.667 bits per heavy atom. The van der Waals surface area contributed by atoms with Crippen molar-refractivity contribution < 1.29 is 0 Å². The van der Waals surface area contributed by atoms with Crippen molar-refractivity contribution in [2.24, 2.45) is 0 Å². The van der Waals surface area contributed by atoms with Crippen molar-refractivity contribution in [2.75, 3.05) is 4.90 Å². The van der Waals surface area contributed by atoms with Gasteiger partial charge < -0.3 is 4.90 Å². The Morgan fingerprint density at radius 1 is 0.246 bits per heavy atom. The average Bonchev–Trinajstić information content (AvgIpc) is 3.30. The second kappa shape index (κ2) is 15.0. The first kappa shape index (κ1) is 34.0. The van der Waals surface area contributed by atoms with Crippen LogP contribution in [0.4, 0.5) is 17.1 Å². The van der Waals surface area contributed by atoms with E-state index >= 15 is 0 Å². The average molecular weight is 726 g/mol. The van der Waals surface area contributed by atoms with Crippen LogP contribution in [0.25, 0.3) is 77.2 Å². The number of hydrogen-bond donors (Lipinski definition) is 0. The van der Waals surface area contributed by atoms with Crippen molar-refractivity contribution in [1.82, 2.24) is 0 Å². The summed E-state index contributed by atoms with van der Waals surface area (Å²) in [5, 5.41) is 4.88. The molecule has 0 aliphatic rings. The van der Waals surface area contributed by atoms with Gasteiger partial charge in [0.1, 0.15) is 0 Å². The van der Waals surface area contributed by atoms with Gasteiger partial charge in [0.05, 0.1) is 11.4 Å². The molecule has 0 unspecified atom stereocenters. The second-order valence-corrected chi connectivity index (χ2v) is 14.4. The molecule has 0 radical (unpaired) electrons. The third-order valence-electron chi connectivity index (χ3n) is 11.0. The third-order valence-corrected chi connectivity index (χ3v) is 11.0. The van der Waals surface area contributed by atoms with Gasteiger partial charge in [-0.15, -0.1) is 0 Å². The smallest absolute Gasteiger partial charge is 0.0547 e. The number of para-hydroxylation sites is 1. The number of anilines is 3. The standard InChI is InChI=1S/C56H39N/c1-6-21-40(22-7-1)45-37-46(41-23-8-2-9-24-41)39-47(38-45)57(52-35-19-18-31-48(52)42-25-10-3-11-26-42)53-36-20-34-51-49-32-16-17-33-50(49)54(43-27-12-4-13-28-43)55(56(51)53)44-29-14-5-15-30-44/h1-39H. The molecule has 268 valence electrons. The SMILES string of the molecule is c1ccc(-c2cc(-c3ccccc3)cc(N(c3ccccc3-c3ccccc3)c3cccc4c3c(-c3ccccc3)c(-c3ccccc3)c3ccccc34)c2)cc1. The topological polar surface area (TPSA) is 3.24 Å². The summed E-state index contributed by atoms with van der Waals surface area (Å²) in [7, 11) is 0. The number of hydrogen-bond acceptors (Lipinski definition) is 1. The molecule has 57 heavy (non-hydrogen) atoms. The molecule has 10 rings (SSSR count). The van der Waals surface area contributed by atoms with E-state index in [9.17, 15) is 0 Å². The predicted octanol–water partition coefficient (Wildman–Crippen LogP) is 15.8. The summed E-state index contributed by atoms with van der Waals surface area (Å²) in [4.78, 5) is 2.51. The van der Waals surface area contributed by atoms with E-state index in [2.05, 4.69) is 241 Å². The zero-order valence-electron chi connectivity index (χ0n) is 31.5. The number of rotatable bonds is 8. The predicted molar refractivity (Wildman–Crippen MR) is 243 cm³/mol. The largest absolute Gasteiger partial charge is 0.309 e. The highest BCUT2D eigenvalue weighted by Gasteiger charge is 2.25. The van der Waals surface area contributed by atoms with E-state index in [0.29, 0.717) is 0 Å². The lowest BCUT2D eigenvalue weighted by atomic mass is 9.84. The van der Waals surface area contributed by atoms with E-state index in [0.717, 1.165) is 33.8 Å². The fourth-order valence-corrected chi connectivity index (χ4v) is 8.48. The van der Waals surface area contributed by atoms with E-state index < -0.39 is 0 Å². The Kier molecular flexibility index (Phi) is 8.95. The molecule has 10 aromatic rings. The Bertz CT molecular complexity index is 2920. The van der Waals surface area contributed by atoms with Crippen molar-refractivity contribution in [3.8, 4) is 55.6 Å². The van der Waals surface area contributed by atoms with Crippen LogP contribution in [-0.4, -0.2) is 0 Å². The summed E-state index contributed by atoms with van der Waals surface area (Å²) in [6.45, 7) is 0. The number of fused-ring (bicyclic) bond motifs is 3. The van der Waals surface area contributed by atoms with E-state index in [1.807, 2.05) is 0 Å². The maximum absolute atomic E-state index is 2.51. The minimum absolute atomic E-state index is 1.08. The summed E-state index contributed by atoms with van der Waals surface area (Å²) in [6, 6.07) is 85.8. The molecular formula is C56H39N. The van der Waals surface area contributed by atoms with Crippen LogP contribution < -0.4 is 4.90 Å². The lowest BCUT2D eigenvalue weighted by Gasteiger charge is -2.31. The van der Waals surface area contributed by atoms with Crippen LogP contribution in [-0.2, 0) is 0 Å². The minimum atomic E-state index is 1.08. The van der Waals surface area contributed by atoms with E-state index in [1.165, 1.54) is 60.5 Å². The number of nitrogens with zero attached hydrogens (tertiary/aromatic N) is 1. The first-order chi connectivity index (χ1) is 28.3.